The molecule has 0 aliphatic carbocycles. The first-order valence-electron chi connectivity index (χ1n) is 9.28. The molecule has 0 saturated carbocycles. The van der Waals surface area contributed by atoms with Crippen LogP contribution in [-0.2, 0) is 10.0 Å². The first-order valence-corrected chi connectivity index (χ1v) is 10.8. The van der Waals surface area contributed by atoms with Crippen molar-refractivity contribution < 1.29 is 13.2 Å². The molecule has 1 aliphatic heterocycles. The molecular weight excluding hydrogens is 350 g/mol. The fraction of sp³-hybridized carbons (Fsp3) is 0.632. The van der Waals surface area contributed by atoms with Crippen LogP contribution in [0.1, 0.15) is 57.3 Å². The van der Waals surface area contributed by atoms with Crippen molar-refractivity contribution in [2.24, 2.45) is 0 Å². The van der Waals surface area contributed by atoms with Crippen molar-refractivity contribution in [2.75, 3.05) is 19.6 Å². The Balaban J connectivity index is 1.95. The number of nitrogens with zero attached hydrogens (tertiary/aromatic N) is 1. The SMILES string of the molecule is CCCN1CCC(NC(=O)c2ccc(S(=O)(=O)NC(C)(C)C)cc2)CC1. The van der Waals surface area contributed by atoms with Crippen molar-refractivity contribution in [1.29, 1.82) is 0 Å². The van der Waals surface area contributed by atoms with Crippen LogP contribution in [0.2, 0.25) is 0 Å². The number of sulfonamides is 1. The predicted octanol–water partition coefficient (Wildman–Crippen LogP) is 2.37. The first kappa shape index (κ1) is 20.9. The molecule has 146 valence electrons. The molecule has 7 heteroatoms. The highest BCUT2D eigenvalue weighted by molar-refractivity contribution is 7.89. The summed E-state index contributed by atoms with van der Waals surface area (Å²) in [6, 6.07) is 6.28. The third-order valence-corrected chi connectivity index (χ3v) is 6.10. The molecule has 0 atom stereocenters. The Labute approximate surface area is 157 Å². The van der Waals surface area contributed by atoms with Crippen LogP contribution < -0.4 is 10.0 Å². The number of hydrogen-bond acceptors (Lipinski definition) is 4. The maximum Gasteiger partial charge on any atom is 0.251 e. The van der Waals surface area contributed by atoms with Crippen LogP contribution in [0.3, 0.4) is 0 Å². The normalized spacial score (nSPS) is 17.2. The molecule has 1 heterocycles. The predicted molar refractivity (Wildman–Crippen MR) is 104 cm³/mol. The fourth-order valence-electron chi connectivity index (χ4n) is 3.13. The minimum atomic E-state index is -3.59. The van der Waals surface area contributed by atoms with E-state index >= 15 is 0 Å². The molecule has 0 unspecified atom stereocenters. The molecule has 0 aromatic heterocycles. The van der Waals surface area contributed by atoms with Crippen molar-refractivity contribution in [3.63, 3.8) is 0 Å². The zero-order chi connectivity index (χ0) is 19.4. The van der Waals surface area contributed by atoms with Crippen molar-refractivity contribution >= 4 is 15.9 Å². The molecule has 1 amide bonds. The van der Waals surface area contributed by atoms with E-state index in [-0.39, 0.29) is 16.8 Å². The maximum absolute atomic E-state index is 12.4. The van der Waals surface area contributed by atoms with Gasteiger partial charge in [-0.15, -0.1) is 0 Å². The average Bonchev–Trinajstić information content (AvgIpc) is 2.55. The Morgan fingerprint density at radius 2 is 1.73 bits per heavy atom. The van der Waals surface area contributed by atoms with E-state index in [2.05, 4.69) is 21.9 Å². The Kier molecular flexibility index (Phi) is 6.82. The van der Waals surface area contributed by atoms with Gasteiger partial charge in [-0.25, -0.2) is 13.1 Å². The van der Waals surface area contributed by atoms with Gasteiger partial charge in [0.25, 0.3) is 5.91 Å². The van der Waals surface area contributed by atoms with Crippen LogP contribution in [0.5, 0.6) is 0 Å². The third kappa shape index (κ3) is 6.07. The molecule has 1 aromatic rings. The lowest BCUT2D eigenvalue weighted by Crippen LogP contribution is -2.44. The first-order chi connectivity index (χ1) is 12.1. The van der Waals surface area contributed by atoms with Crippen LogP contribution in [0, 0.1) is 0 Å². The number of piperidine rings is 1. The summed E-state index contributed by atoms with van der Waals surface area (Å²) in [4.78, 5) is 15.0. The number of nitrogens with one attached hydrogen (secondary N) is 2. The molecule has 0 radical (unpaired) electrons. The minimum Gasteiger partial charge on any atom is -0.349 e. The summed E-state index contributed by atoms with van der Waals surface area (Å²) in [5, 5.41) is 3.06. The monoisotopic (exact) mass is 381 g/mol. The van der Waals surface area contributed by atoms with E-state index in [9.17, 15) is 13.2 Å². The van der Waals surface area contributed by atoms with Gasteiger partial charge in [0.15, 0.2) is 0 Å². The van der Waals surface area contributed by atoms with Crippen molar-refractivity contribution in [3.8, 4) is 0 Å². The summed E-state index contributed by atoms with van der Waals surface area (Å²) >= 11 is 0. The molecule has 1 saturated heterocycles. The van der Waals surface area contributed by atoms with Gasteiger partial charge < -0.3 is 10.2 Å². The number of carbonyl (C=O) groups is 1. The summed E-state index contributed by atoms with van der Waals surface area (Å²) in [7, 11) is -3.59. The Morgan fingerprint density at radius 3 is 2.23 bits per heavy atom. The van der Waals surface area contributed by atoms with E-state index < -0.39 is 15.6 Å². The van der Waals surface area contributed by atoms with E-state index in [1.165, 1.54) is 12.1 Å². The quantitative estimate of drug-likeness (QED) is 0.793. The van der Waals surface area contributed by atoms with E-state index in [0.29, 0.717) is 5.56 Å². The van der Waals surface area contributed by atoms with Crippen LogP contribution in [-0.4, -0.2) is 50.4 Å². The molecule has 2 N–H and O–H groups in total. The van der Waals surface area contributed by atoms with Gasteiger partial charge in [-0.3, -0.25) is 4.79 Å². The zero-order valence-corrected chi connectivity index (χ0v) is 17.0. The lowest BCUT2D eigenvalue weighted by Gasteiger charge is -2.32. The third-order valence-electron chi connectivity index (χ3n) is 4.33. The minimum absolute atomic E-state index is 0.147. The summed E-state index contributed by atoms with van der Waals surface area (Å²) < 4.78 is 27.2. The number of likely N-dealkylation sites (tertiary alicyclic amines) is 1. The van der Waals surface area contributed by atoms with Crippen molar-refractivity contribution in [1.82, 2.24) is 14.9 Å². The Bertz CT molecular complexity index is 701. The van der Waals surface area contributed by atoms with Crippen LogP contribution >= 0.6 is 0 Å². The molecular formula is C19H31N3O3S. The molecule has 1 aliphatic rings. The second-order valence-electron chi connectivity index (χ2n) is 7.97. The summed E-state index contributed by atoms with van der Waals surface area (Å²) in [5.41, 5.74) is -0.0719. The highest BCUT2D eigenvalue weighted by atomic mass is 32.2. The van der Waals surface area contributed by atoms with E-state index in [1.807, 2.05) is 0 Å². The summed E-state index contributed by atoms with van der Waals surface area (Å²) in [6.07, 6.45) is 3.05. The van der Waals surface area contributed by atoms with Gasteiger partial charge >= 0.3 is 0 Å². The van der Waals surface area contributed by atoms with Gasteiger partial charge in [-0.1, -0.05) is 6.92 Å². The lowest BCUT2D eigenvalue weighted by molar-refractivity contribution is 0.0911. The van der Waals surface area contributed by atoms with Crippen LogP contribution in [0.15, 0.2) is 29.2 Å². The van der Waals surface area contributed by atoms with Gasteiger partial charge in [0.05, 0.1) is 4.90 Å². The lowest BCUT2D eigenvalue weighted by atomic mass is 10.0. The fourth-order valence-corrected chi connectivity index (χ4v) is 4.55. The van der Waals surface area contributed by atoms with Gasteiger partial charge in [0.2, 0.25) is 10.0 Å². The molecule has 1 fully saturated rings. The highest BCUT2D eigenvalue weighted by Crippen LogP contribution is 2.15. The highest BCUT2D eigenvalue weighted by Gasteiger charge is 2.23. The number of amides is 1. The number of carbonyl (C=O) groups excluding carboxylic acids is 1. The van der Waals surface area contributed by atoms with Gasteiger partial charge in [0, 0.05) is 30.2 Å². The van der Waals surface area contributed by atoms with E-state index in [4.69, 9.17) is 0 Å². The summed E-state index contributed by atoms with van der Waals surface area (Å²) in [6.45, 7) is 10.7. The number of rotatable bonds is 6. The second-order valence-corrected chi connectivity index (χ2v) is 9.65. The number of benzene rings is 1. The van der Waals surface area contributed by atoms with Gasteiger partial charge in [-0.05, 0) is 70.8 Å². The second kappa shape index (κ2) is 8.50. The smallest absolute Gasteiger partial charge is 0.251 e. The topological polar surface area (TPSA) is 78.5 Å². The average molecular weight is 382 g/mol. The Morgan fingerprint density at radius 1 is 1.15 bits per heavy atom. The molecule has 1 aromatic carbocycles. The van der Waals surface area contributed by atoms with Crippen molar-refractivity contribution in [2.45, 2.75) is 63.4 Å². The van der Waals surface area contributed by atoms with E-state index in [1.54, 1.807) is 32.9 Å². The molecule has 0 spiro atoms. The van der Waals surface area contributed by atoms with Crippen molar-refractivity contribution in [3.05, 3.63) is 29.8 Å². The molecule has 6 nitrogen and oxygen atoms in total. The van der Waals surface area contributed by atoms with Crippen LogP contribution in [0.4, 0.5) is 0 Å². The largest absolute Gasteiger partial charge is 0.349 e. The molecule has 26 heavy (non-hydrogen) atoms. The standard InChI is InChI=1S/C19H31N3O3S/c1-5-12-22-13-10-16(11-14-22)20-18(23)15-6-8-17(9-7-15)26(24,25)21-19(2,3)4/h6-9,16,21H,5,10-14H2,1-4H3,(H,20,23). The van der Waals surface area contributed by atoms with Gasteiger partial charge in [-0.2, -0.15) is 0 Å². The van der Waals surface area contributed by atoms with Gasteiger partial charge in [0.1, 0.15) is 0 Å². The van der Waals surface area contributed by atoms with E-state index in [0.717, 1.165) is 38.9 Å². The number of hydrogen-bond donors (Lipinski definition) is 2. The zero-order valence-electron chi connectivity index (χ0n) is 16.2. The Hall–Kier alpha value is -1.44. The van der Waals surface area contributed by atoms with Crippen LogP contribution in [0.25, 0.3) is 0 Å². The molecule has 2 rings (SSSR count). The maximum atomic E-state index is 12.4. The summed E-state index contributed by atoms with van der Waals surface area (Å²) in [5.74, 6) is -0.147. The molecule has 0 bridgehead atoms.